The topological polar surface area (TPSA) is 66.8 Å². The minimum Gasteiger partial charge on any atom is -0.515 e. The van der Waals surface area contributed by atoms with Gasteiger partial charge in [-0.15, -0.1) is 0 Å². The molecule has 24 heavy (non-hydrogen) atoms. The van der Waals surface area contributed by atoms with Crippen molar-refractivity contribution in [3.8, 4) is 0 Å². The SMILES string of the molecule is CC1(O)CC[C@H]2[C@@H]3OCC4CC(=O)C(=CO)C[C@]4(C)[C@@H]3CC[C@@]21C. The first-order chi connectivity index (χ1) is 11.2. The van der Waals surface area contributed by atoms with E-state index in [1.165, 1.54) is 0 Å². The maximum absolute atomic E-state index is 12.2. The first kappa shape index (κ1) is 16.6. The van der Waals surface area contributed by atoms with Crippen LogP contribution in [-0.4, -0.2) is 34.3 Å². The van der Waals surface area contributed by atoms with Crippen LogP contribution in [0.4, 0.5) is 0 Å². The van der Waals surface area contributed by atoms with Crippen LogP contribution in [0.1, 0.15) is 59.3 Å². The quantitative estimate of drug-likeness (QED) is 0.526. The number of rotatable bonds is 0. The summed E-state index contributed by atoms with van der Waals surface area (Å²) in [5.41, 5.74) is -0.0812. The van der Waals surface area contributed by atoms with Gasteiger partial charge in [-0.3, -0.25) is 4.79 Å². The summed E-state index contributed by atoms with van der Waals surface area (Å²) in [6.07, 6.45) is 6.28. The van der Waals surface area contributed by atoms with Gasteiger partial charge in [0, 0.05) is 17.4 Å². The van der Waals surface area contributed by atoms with Crippen LogP contribution < -0.4 is 0 Å². The van der Waals surface area contributed by atoms with Gasteiger partial charge in [0.25, 0.3) is 0 Å². The van der Waals surface area contributed by atoms with Gasteiger partial charge in [0.2, 0.25) is 0 Å². The highest BCUT2D eigenvalue weighted by molar-refractivity contribution is 5.96. The Hall–Kier alpha value is -0.870. The lowest BCUT2D eigenvalue weighted by Gasteiger charge is -2.60. The Balaban J connectivity index is 1.67. The highest BCUT2D eigenvalue weighted by Gasteiger charge is 2.64. The molecule has 134 valence electrons. The number of ketones is 1. The molecule has 0 aromatic rings. The first-order valence-corrected chi connectivity index (χ1v) is 9.43. The summed E-state index contributed by atoms with van der Waals surface area (Å²) < 4.78 is 6.36. The Morgan fingerprint density at radius 1 is 1.17 bits per heavy atom. The second-order valence-electron chi connectivity index (χ2n) is 9.44. The molecular formula is C20H30O4. The van der Waals surface area contributed by atoms with Gasteiger partial charge in [0.05, 0.1) is 24.6 Å². The molecule has 1 aliphatic heterocycles. The lowest BCUT2D eigenvalue weighted by molar-refractivity contribution is -0.213. The molecule has 0 spiro atoms. The van der Waals surface area contributed by atoms with E-state index in [4.69, 9.17) is 4.74 Å². The molecule has 3 aliphatic carbocycles. The van der Waals surface area contributed by atoms with E-state index in [0.29, 0.717) is 36.9 Å². The Morgan fingerprint density at radius 3 is 2.58 bits per heavy atom. The standard InChI is InChI=1S/C20H30O4/c1-18-9-12(10-21)16(22)8-13(18)11-24-17-14(18)4-6-19(2)15(17)5-7-20(19,3)23/h10,13-15,17,21,23H,4-9,11H2,1-3H3/t13?,14-,15+,17-,18+,19+,20?/m1/s1. The highest BCUT2D eigenvalue weighted by Crippen LogP contribution is 2.65. The van der Waals surface area contributed by atoms with E-state index in [0.717, 1.165) is 31.9 Å². The zero-order valence-electron chi connectivity index (χ0n) is 15.0. The fourth-order valence-electron chi connectivity index (χ4n) is 6.53. The van der Waals surface area contributed by atoms with Crippen molar-refractivity contribution in [2.75, 3.05) is 6.61 Å². The van der Waals surface area contributed by atoms with Crippen molar-refractivity contribution in [2.45, 2.75) is 71.0 Å². The van der Waals surface area contributed by atoms with Crippen molar-refractivity contribution in [2.24, 2.45) is 28.6 Å². The number of carbonyl (C=O) groups excluding carboxylic acids is 1. The van der Waals surface area contributed by atoms with E-state index in [-0.39, 0.29) is 28.6 Å². The Morgan fingerprint density at radius 2 is 1.88 bits per heavy atom. The van der Waals surface area contributed by atoms with E-state index < -0.39 is 5.60 Å². The Bertz CT molecular complexity index is 594. The Labute approximate surface area is 144 Å². The molecule has 2 N–H and O–H groups in total. The summed E-state index contributed by atoms with van der Waals surface area (Å²) in [6, 6.07) is 0. The number of hydrogen-bond acceptors (Lipinski definition) is 4. The number of hydrogen-bond donors (Lipinski definition) is 2. The van der Waals surface area contributed by atoms with Crippen LogP contribution in [0, 0.1) is 28.6 Å². The van der Waals surface area contributed by atoms with Crippen LogP contribution in [0.3, 0.4) is 0 Å². The molecule has 4 aliphatic rings. The normalized spacial score (nSPS) is 55.8. The lowest BCUT2D eigenvalue weighted by atomic mass is 9.49. The molecule has 0 radical (unpaired) electrons. The fraction of sp³-hybridized carbons (Fsp3) is 0.850. The van der Waals surface area contributed by atoms with Gasteiger partial charge in [-0.05, 0) is 62.2 Å². The molecule has 4 fully saturated rings. The Kier molecular flexibility index (Phi) is 3.51. The fourth-order valence-corrected chi connectivity index (χ4v) is 6.53. The van der Waals surface area contributed by atoms with Gasteiger partial charge in [0.15, 0.2) is 5.78 Å². The number of aliphatic hydroxyl groups excluding tert-OH is 1. The van der Waals surface area contributed by atoms with Crippen LogP contribution in [0.5, 0.6) is 0 Å². The minimum absolute atomic E-state index is 0.0150. The second kappa shape index (κ2) is 5.07. The first-order valence-electron chi connectivity index (χ1n) is 9.43. The maximum Gasteiger partial charge on any atom is 0.162 e. The summed E-state index contributed by atoms with van der Waals surface area (Å²) in [6.45, 7) is 7.16. The van der Waals surface area contributed by atoms with Crippen LogP contribution in [-0.2, 0) is 9.53 Å². The number of fused-ring (bicyclic) bond motifs is 5. The molecule has 0 aromatic heterocycles. The molecule has 1 heterocycles. The van der Waals surface area contributed by atoms with Gasteiger partial charge in [-0.2, -0.15) is 0 Å². The average Bonchev–Trinajstić information content (AvgIpc) is 2.77. The number of carbonyl (C=O) groups is 1. The van der Waals surface area contributed by atoms with Gasteiger partial charge in [-0.1, -0.05) is 13.8 Å². The average molecular weight is 334 g/mol. The monoisotopic (exact) mass is 334 g/mol. The molecule has 4 rings (SSSR count). The smallest absolute Gasteiger partial charge is 0.162 e. The highest BCUT2D eigenvalue weighted by atomic mass is 16.5. The van der Waals surface area contributed by atoms with Crippen molar-refractivity contribution in [1.82, 2.24) is 0 Å². The molecule has 4 nitrogen and oxygen atoms in total. The molecule has 3 saturated carbocycles. The molecular weight excluding hydrogens is 304 g/mol. The molecule has 0 aromatic carbocycles. The molecule has 0 bridgehead atoms. The van der Waals surface area contributed by atoms with Gasteiger partial charge < -0.3 is 14.9 Å². The van der Waals surface area contributed by atoms with Crippen LogP contribution >= 0.6 is 0 Å². The van der Waals surface area contributed by atoms with E-state index in [9.17, 15) is 15.0 Å². The van der Waals surface area contributed by atoms with Crippen molar-refractivity contribution < 1.29 is 19.7 Å². The van der Waals surface area contributed by atoms with Crippen LogP contribution in [0.15, 0.2) is 11.8 Å². The van der Waals surface area contributed by atoms with Crippen molar-refractivity contribution in [3.63, 3.8) is 0 Å². The van der Waals surface area contributed by atoms with E-state index in [1.807, 2.05) is 6.92 Å². The van der Waals surface area contributed by atoms with Gasteiger partial charge in [-0.25, -0.2) is 0 Å². The molecule has 1 saturated heterocycles. The van der Waals surface area contributed by atoms with Crippen LogP contribution in [0.25, 0.3) is 0 Å². The van der Waals surface area contributed by atoms with E-state index in [1.54, 1.807) is 0 Å². The third-order valence-corrected chi connectivity index (χ3v) is 8.55. The molecule has 0 amide bonds. The van der Waals surface area contributed by atoms with E-state index in [2.05, 4.69) is 13.8 Å². The van der Waals surface area contributed by atoms with E-state index >= 15 is 0 Å². The lowest BCUT2D eigenvalue weighted by Crippen LogP contribution is -2.60. The largest absolute Gasteiger partial charge is 0.515 e. The molecule has 2 unspecified atom stereocenters. The van der Waals surface area contributed by atoms with Gasteiger partial charge in [0.1, 0.15) is 0 Å². The number of aliphatic hydroxyl groups is 2. The van der Waals surface area contributed by atoms with Crippen LogP contribution in [0.2, 0.25) is 0 Å². The second-order valence-corrected chi connectivity index (χ2v) is 9.44. The van der Waals surface area contributed by atoms with Gasteiger partial charge >= 0.3 is 0 Å². The zero-order chi connectivity index (χ0) is 17.3. The maximum atomic E-state index is 12.2. The van der Waals surface area contributed by atoms with Crippen molar-refractivity contribution >= 4 is 5.78 Å². The van der Waals surface area contributed by atoms with Crippen molar-refractivity contribution in [3.05, 3.63) is 11.8 Å². The van der Waals surface area contributed by atoms with Crippen molar-refractivity contribution in [1.29, 1.82) is 0 Å². The predicted octanol–water partition coefficient (Wildman–Crippen LogP) is 3.39. The third kappa shape index (κ3) is 1.96. The summed E-state index contributed by atoms with van der Waals surface area (Å²) in [5.74, 6) is 1.13. The molecule has 7 atom stereocenters. The number of allylic oxidation sites excluding steroid dienone is 1. The summed E-state index contributed by atoms with van der Waals surface area (Å²) in [7, 11) is 0. The number of ether oxygens (including phenoxy) is 1. The minimum atomic E-state index is -0.609. The predicted molar refractivity (Wildman–Crippen MR) is 90.5 cm³/mol. The zero-order valence-corrected chi connectivity index (χ0v) is 15.0. The number of Topliss-reactive ketones (excluding diaryl/α,β-unsaturated/α-hetero) is 1. The molecule has 4 heteroatoms. The summed E-state index contributed by atoms with van der Waals surface area (Å²) in [5, 5.41) is 20.4. The summed E-state index contributed by atoms with van der Waals surface area (Å²) in [4.78, 5) is 12.2. The summed E-state index contributed by atoms with van der Waals surface area (Å²) >= 11 is 0. The third-order valence-electron chi connectivity index (χ3n) is 8.55.